The average Bonchev–Trinajstić information content (AvgIpc) is 2.80. The quantitative estimate of drug-likeness (QED) is 0.945. The standard InChI is InChI=1S/C15H18ClN3O/c16-11-6-7-14-17-13(10-19(14)9-11)8-15(20)18-12-4-2-1-3-5-12/h6-7,9-10,12H,1-5,8H2,(H,18,20). The molecule has 2 heterocycles. The van der Waals surface area contributed by atoms with Crippen molar-refractivity contribution in [3.05, 3.63) is 35.2 Å². The minimum absolute atomic E-state index is 0.0615. The van der Waals surface area contributed by atoms with Gasteiger partial charge in [-0.15, -0.1) is 0 Å². The molecule has 20 heavy (non-hydrogen) atoms. The molecule has 0 radical (unpaired) electrons. The summed E-state index contributed by atoms with van der Waals surface area (Å²) in [5.41, 5.74) is 1.59. The van der Waals surface area contributed by atoms with Gasteiger partial charge in [0.25, 0.3) is 0 Å². The van der Waals surface area contributed by atoms with Crippen LogP contribution < -0.4 is 5.32 Å². The van der Waals surface area contributed by atoms with Crippen molar-refractivity contribution >= 4 is 23.2 Å². The predicted molar refractivity (Wildman–Crippen MR) is 78.9 cm³/mol. The van der Waals surface area contributed by atoms with E-state index in [1.807, 2.05) is 16.7 Å². The maximum Gasteiger partial charge on any atom is 0.226 e. The number of fused-ring (bicyclic) bond motifs is 1. The number of halogens is 1. The van der Waals surface area contributed by atoms with Crippen LogP contribution in [0.5, 0.6) is 0 Å². The van der Waals surface area contributed by atoms with Crippen LogP contribution in [0, 0.1) is 0 Å². The Labute approximate surface area is 123 Å². The smallest absolute Gasteiger partial charge is 0.226 e. The molecule has 1 saturated carbocycles. The first-order chi connectivity index (χ1) is 9.70. The van der Waals surface area contributed by atoms with Gasteiger partial charge in [-0.05, 0) is 25.0 Å². The fourth-order valence-electron chi connectivity index (χ4n) is 2.79. The van der Waals surface area contributed by atoms with Crippen LogP contribution in [0.3, 0.4) is 0 Å². The summed E-state index contributed by atoms with van der Waals surface area (Å²) in [7, 11) is 0. The van der Waals surface area contributed by atoms with Crippen LogP contribution in [0.25, 0.3) is 5.65 Å². The Morgan fingerprint density at radius 3 is 2.90 bits per heavy atom. The maximum absolute atomic E-state index is 12.0. The lowest BCUT2D eigenvalue weighted by Gasteiger charge is -2.22. The second-order valence-electron chi connectivity index (χ2n) is 5.42. The number of amides is 1. The number of pyridine rings is 1. The van der Waals surface area contributed by atoms with Gasteiger partial charge in [0.05, 0.1) is 17.1 Å². The van der Waals surface area contributed by atoms with Crippen molar-refractivity contribution < 1.29 is 4.79 Å². The second-order valence-corrected chi connectivity index (χ2v) is 5.86. The van der Waals surface area contributed by atoms with Gasteiger partial charge in [0.2, 0.25) is 5.91 Å². The van der Waals surface area contributed by atoms with E-state index in [2.05, 4.69) is 10.3 Å². The lowest BCUT2D eigenvalue weighted by molar-refractivity contribution is -0.121. The number of carbonyl (C=O) groups excluding carboxylic acids is 1. The zero-order valence-corrected chi connectivity index (χ0v) is 12.1. The lowest BCUT2D eigenvalue weighted by atomic mass is 9.95. The maximum atomic E-state index is 12.0. The van der Waals surface area contributed by atoms with E-state index in [-0.39, 0.29) is 5.91 Å². The third kappa shape index (κ3) is 3.12. The monoisotopic (exact) mass is 291 g/mol. The lowest BCUT2D eigenvalue weighted by Crippen LogP contribution is -2.37. The van der Waals surface area contributed by atoms with E-state index in [1.54, 1.807) is 12.3 Å². The van der Waals surface area contributed by atoms with Crippen LogP contribution >= 0.6 is 11.6 Å². The first-order valence-electron chi connectivity index (χ1n) is 7.13. The van der Waals surface area contributed by atoms with E-state index in [0.29, 0.717) is 17.5 Å². The van der Waals surface area contributed by atoms with Gasteiger partial charge in [-0.3, -0.25) is 4.79 Å². The van der Waals surface area contributed by atoms with Crippen molar-refractivity contribution in [3.63, 3.8) is 0 Å². The molecule has 0 bridgehead atoms. The molecule has 5 heteroatoms. The van der Waals surface area contributed by atoms with Crippen molar-refractivity contribution in [2.75, 3.05) is 0 Å². The average molecular weight is 292 g/mol. The summed E-state index contributed by atoms with van der Waals surface area (Å²) in [4.78, 5) is 16.5. The predicted octanol–water partition coefficient (Wildman–Crippen LogP) is 2.98. The van der Waals surface area contributed by atoms with E-state index in [9.17, 15) is 4.79 Å². The minimum Gasteiger partial charge on any atom is -0.353 e. The SMILES string of the molecule is O=C(Cc1cn2cc(Cl)ccc2n1)NC1CCCCC1. The zero-order chi connectivity index (χ0) is 13.9. The molecule has 3 rings (SSSR count). The van der Waals surface area contributed by atoms with Crippen LogP contribution in [0.2, 0.25) is 5.02 Å². The van der Waals surface area contributed by atoms with Crippen molar-refractivity contribution in [1.82, 2.24) is 14.7 Å². The van der Waals surface area contributed by atoms with Gasteiger partial charge in [-0.25, -0.2) is 4.98 Å². The summed E-state index contributed by atoms with van der Waals surface area (Å²) in [5, 5.41) is 3.77. The highest BCUT2D eigenvalue weighted by Gasteiger charge is 2.16. The molecule has 0 spiro atoms. The summed E-state index contributed by atoms with van der Waals surface area (Å²) in [6.07, 6.45) is 9.93. The van der Waals surface area contributed by atoms with Gasteiger partial charge < -0.3 is 9.72 Å². The number of nitrogens with zero attached hydrogens (tertiary/aromatic N) is 2. The largest absolute Gasteiger partial charge is 0.353 e. The molecule has 0 saturated heterocycles. The summed E-state index contributed by atoms with van der Waals surface area (Å²) < 4.78 is 1.85. The Hall–Kier alpha value is -1.55. The van der Waals surface area contributed by atoms with E-state index in [0.717, 1.165) is 24.2 Å². The summed E-state index contributed by atoms with van der Waals surface area (Å²) in [6.45, 7) is 0. The van der Waals surface area contributed by atoms with Gasteiger partial charge in [-0.1, -0.05) is 30.9 Å². The van der Waals surface area contributed by atoms with Crippen molar-refractivity contribution in [2.45, 2.75) is 44.6 Å². The van der Waals surface area contributed by atoms with Crippen molar-refractivity contribution in [1.29, 1.82) is 0 Å². The van der Waals surface area contributed by atoms with Crippen LogP contribution in [0.1, 0.15) is 37.8 Å². The van der Waals surface area contributed by atoms with Gasteiger partial charge in [0.15, 0.2) is 0 Å². The summed E-state index contributed by atoms with van der Waals surface area (Å²) in [5.74, 6) is 0.0615. The van der Waals surface area contributed by atoms with Crippen LogP contribution in [-0.4, -0.2) is 21.3 Å². The van der Waals surface area contributed by atoms with E-state index < -0.39 is 0 Å². The fraction of sp³-hybridized carbons (Fsp3) is 0.467. The molecule has 1 fully saturated rings. The van der Waals surface area contributed by atoms with Gasteiger partial charge >= 0.3 is 0 Å². The molecule has 2 aromatic rings. The Morgan fingerprint density at radius 2 is 2.10 bits per heavy atom. The molecule has 0 unspecified atom stereocenters. The van der Waals surface area contributed by atoms with E-state index in [1.165, 1.54) is 19.3 Å². The third-order valence-corrected chi connectivity index (χ3v) is 4.00. The Morgan fingerprint density at radius 1 is 1.30 bits per heavy atom. The number of carbonyl (C=O) groups is 1. The van der Waals surface area contributed by atoms with Crippen LogP contribution in [0.4, 0.5) is 0 Å². The molecule has 1 amide bonds. The molecular weight excluding hydrogens is 274 g/mol. The van der Waals surface area contributed by atoms with Crippen LogP contribution in [-0.2, 0) is 11.2 Å². The zero-order valence-electron chi connectivity index (χ0n) is 11.3. The van der Waals surface area contributed by atoms with E-state index >= 15 is 0 Å². The number of hydrogen-bond acceptors (Lipinski definition) is 2. The number of nitrogens with one attached hydrogen (secondary N) is 1. The molecule has 0 aliphatic heterocycles. The van der Waals surface area contributed by atoms with Gasteiger partial charge in [0, 0.05) is 18.4 Å². The van der Waals surface area contributed by atoms with E-state index in [4.69, 9.17) is 11.6 Å². The molecule has 0 aromatic carbocycles. The van der Waals surface area contributed by atoms with Crippen LogP contribution in [0.15, 0.2) is 24.5 Å². The highest BCUT2D eigenvalue weighted by Crippen LogP contribution is 2.17. The molecule has 106 valence electrons. The Bertz CT molecular complexity index is 617. The number of imidazole rings is 1. The normalized spacial score (nSPS) is 16.4. The molecule has 0 atom stereocenters. The molecule has 1 aliphatic rings. The summed E-state index contributed by atoms with van der Waals surface area (Å²) in [6, 6.07) is 4.00. The molecule has 1 N–H and O–H groups in total. The highest BCUT2D eigenvalue weighted by molar-refractivity contribution is 6.30. The van der Waals surface area contributed by atoms with Gasteiger partial charge in [-0.2, -0.15) is 0 Å². The number of aromatic nitrogens is 2. The Balaban J connectivity index is 1.64. The first kappa shape index (κ1) is 13.4. The third-order valence-electron chi connectivity index (χ3n) is 3.78. The molecule has 1 aliphatic carbocycles. The topological polar surface area (TPSA) is 46.4 Å². The number of hydrogen-bond donors (Lipinski definition) is 1. The molecule has 2 aromatic heterocycles. The van der Waals surface area contributed by atoms with Gasteiger partial charge in [0.1, 0.15) is 5.65 Å². The second kappa shape index (κ2) is 5.83. The van der Waals surface area contributed by atoms with Crippen molar-refractivity contribution in [2.24, 2.45) is 0 Å². The highest BCUT2D eigenvalue weighted by atomic mass is 35.5. The summed E-state index contributed by atoms with van der Waals surface area (Å²) >= 11 is 5.93. The molecular formula is C15H18ClN3O. The number of rotatable bonds is 3. The fourth-order valence-corrected chi connectivity index (χ4v) is 2.96. The minimum atomic E-state index is 0.0615. The van der Waals surface area contributed by atoms with Crippen molar-refractivity contribution in [3.8, 4) is 0 Å². The molecule has 4 nitrogen and oxygen atoms in total. The Kier molecular flexibility index (Phi) is 3.92. The first-order valence-corrected chi connectivity index (χ1v) is 7.51.